The summed E-state index contributed by atoms with van der Waals surface area (Å²) in [6, 6.07) is 4.00. The van der Waals surface area contributed by atoms with Crippen LogP contribution >= 0.6 is 11.8 Å². The number of thioether (sulfide) groups is 1. The quantitative estimate of drug-likeness (QED) is 0.860. The molecule has 22 heavy (non-hydrogen) atoms. The molecule has 118 valence electrons. The first-order chi connectivity index (χ1) is 10.5. The molecule has 1 aromatic carbocycles. The summed E-state index contributed by atoms with van der Waals surface area (Å²) >= 11 is 1.47. The van der Waals surface area contributed by atoms with Gasteiger partial charge in [0.25, 0.3) is 0 Å². The second kappa shape index (κ2) is 7.31. The van der Waals surface area contributed by atoms with Crippen molar-refractivity contribution in [2.75, 3.05) is 31.3 Å². The Bertz CT molecular complexity index is 594. The monoisotopic (exact) mass is 324 g/mol. The molecule has 5 nitrogen and oxygen atoms in total. The zero-order chi connectivity index (χ0) is 16.1. The van der Waals surface area contributed by atoms with Gasteiger partial charge in [0.05, 0.1) is 7.11 Å². The van der Waals surface area contributed by atoms with Crippen LogP contribution in [-0.4, -0.2) is 47.9 Å². The molecule has 1 heterocycles. The van der Waals surface area contributed by atoms with E-state index in [0.717, 1.165) is 0 Å². The van der Waals surface area contributed by atoms with Crippen LogP contribution in [-0.2, 0) is 9.59 Å². The first-order valence-electron chi connectivity index (χ1n) is 6.72. The lowest BCUT2D eigenvalue weighted by Gasteiger charge is -2.30. The van der Waals surface area contributed by atoms with Crippen molar-refractivity contribution in [3.05, 3.63) is 36.7 Å². The standard InChI is InChI=1S/C15H17FN2O3S/c1-3-14(19)18-4-5-22-13(9-18)15(20)17-11-6-10(16)7-12(8-11)21-2/h3,6-8,13H,1,4-5,9H2,2H3,(H,17,20). The lowest BCUT2D eigenvalue weighted by molar-refractivity contribution is -0.126. The van der Waals surface area contributed by atoms with Crippen LogP contribution in [0.1, 0.15) is 0 Å². The van der Waals surface area contributed by atoms with Crippen LogP contribution in [0, 0.1) is 5.82 Å². The third-order valence-corrected chi connectivity index (χ3v) is 4.40. The zero-order valence-corrected chi connectivity index (χ0v) is 13.0. The molecule has 0 aromatic heterocycles. The Balaban J connectivity index is 2.04. The fourth-order valence-corrected chi connectivity index (χ4v) is 3.22. The van der Waals surface area contributed by atoms with Gasteiger partial charge in [0, 0.05) is 36.7 Å². The van der Waals surface area contributed by atoms with E-state index in [0.29, 0.717) is 30.3 Å². The van der Waals surface area contributed by atoms with E-state index in [1.54, 1.807) is 11.0 Å². The fourth-order valence-electron chi connectivity index (χ4n) is 2.11. The topological polar surface area (TPSA) is 58.6 Å². The van der Waals surface area contributed by atoms with Gasteiger partial charge in [-0.2, -0.15) is 0 Å². The molecule has 0 bridgehead atoms. The summed E-state index contributed by atoms with van der Waals surface area (Å²) in [5.41, 5.74) is 0.328. The number of methoxy groups -OCH3 is 1. The highest BCUT2D eigenvalue weighted by atomic mass is 32.2. The predicted octanol–water partition coefficient (Wildman–Crippen LogP) is 1.90. The first-order valence-corrected chi connectivity index (χ1v) is 7.76. The molecule has 1 fully saturated rings. The van der Waals surface area contributed by atoms with Crippen molar-refractivity contribution in [3.8, 4) is 5.75 Å². The van der Waals surface area contributed by atoms with E-state index in [-0.39, 0.29) is 11.8 Å². The summed E-state index contributed by atoms with van der Waals surface area (Å²) in [6.07, 6.45) is 1.24. The molecule has 2 rings (SSSR count). The average Bonchev–Trinajstić information content (AvgIpc) is 2.53. The molecular weight excluding hydrogens is 307 g/mol. The SMILES string of the molecule is C=CC(=O)N1CCSC(C(=O)Nc2cc(F)cc(OC)c2)C1. The van der Waals surface area contributed by atoms with Crippen LogP contribution in [0.5, 0.6) is 5.75 Å². The maximum atomic E-state index is 13.4. The third-order valence-electron chi connectivity index (χ3n) is 3.22. The summed E-state index contributed by atoms with van der Waals surface area (Å²) in [6.45, 7) is 4.35. The van der Waals surface area contributed by atoms with Gasteiger partial charge in [-0.1, -0.05) is 6.58 Å². The van der Waals surface area contributed by atoms with Crippen LogP contribution in [0.4, 0.5) is 10.1 Å². The van der Waals surface area contributed by atoms with Crippen LogP contribution < -0.4 is 10.1 Å². The van der Waals surface area contributed by atoms with Gasteiger partial charge in [0.2, 0.25) is 11.8 Å². The van der Waals surface area contributed by atoms with Gasteiger partial charge in [0.15, 0.2) is 0 Å². The number of nitrogens with zero attached hydrogens (tertiary/aromatic N) is 1. The summed E-state index contributed by atoms with van der Waals surface area (Å²) in [4.78, 5) is 25.5. The molecule has 1 saturated heterocycles. The Morgan fingerprint density at radius 3 is 2.95 bits per heavy atom. The molecule has 0 radical (unpaired) electrons. The van der Waals surface area contributed by atoms with Crippen LogP contribution in [0.3, 0.4) is 0 Å². The smallest absolute Gasteiger partial charge is 0.246 e. The Morgan fingerprint density at radius 2 is 2.27 bits per heavy atom. The number of hydrogen-bond acceptors (Lipinski definition) is 4. The number of nitrogens with one attached hydrogen (secondary N) is 1. The molecule has 1 N–H and O–H groups in total. The third kappa shape index (κ3) is 4.00. The van der Waals surface area contributed by atoms with E-state index in [9.17, 15) is 14.0 Å². The highest BCUT2D eigenvalue weighted by Crippen LogP contribution is 2.23. The van der Waals surface area contributed by atoms with Gasteiger partial charge < -0.3 is 15.0 Å². The van der Waals surface area contributed by atoms with Crippen molar-refractivity contribution in [1.82, 2.24) is 4.90 Å². The van der Waals surface area contributed by atoms with E-state index < -0.39 is 11.1 Å². The summed E-state index contributed by atoms with van der Waals surface area (Å²) in [5.74, 6) is 0.0543. The largest absolute Gasteiger partial charge is 0.497 e. The first kappa shape index (κ1) is 16.4. The molecule has 1 aliphatic heterocycles. The van der Waals surface area contributed by atoms with Crippen LogP contribution in [0.15, 0.2) is 30.9 Å². The molecule has 0 saturated carbocycles. The van der Waals surface area contributed by atoms with E-state index in [2.05, 4.69) is 11.9 Å². The molecule has 1 unspecified atom stereocenters. The van der Waals surface area contributed by atoms with Crippen molar-refractivity contribution in [1.29, 1.82) is 0 Å². The number of amides is 2. The van der Waals surface area contributed by atoms with E-state index in [1.165, 1.54) is 37.1 Å². The number of benzene rings is 1. The van der Waals surface area contributed by atoms with Crippen molar-refractivity contribution >= 4 is 29.3 Å². The molecule has 0 aliphatic carbocycles. The minimum Gasteiger partial charge on any atom is -0.497 e. The van der Waals surface area contributed by atoms with E-state index in [1.807, 2.05) is 0 Å². The normalized spacial score (nSPS) is 17.7. The van der Waals surface area contributed by atoms with Gasteiger partial charge in [0.1, 0.15) is 16.8 Å². The lowest BCUT2D eigenvalue weighted by atomic mass is 10.2. The maximum absolute atomic E-state index is 13.4. The molecule has 7 heteroatoms. The summed E-state index contributed by atoms with van der Waals surface area (Å²) in [5, 5.41) is 2.26. The number of ether oxygens (including phenoxy) is 1. The number of rotatable bonds is 4. The van der Waals surface area contributed by atoms with Gasteiger partial charge in [-0.15, -0.1) is 11.8 Å². The molecule has 1 aromatic rings. The Labute approximate surface area is 132 Å². The second-order valence-corrected chi connectivity index (χ2v) is 6.03. The highest BCUT2D eigenvalue weighted by molar-refractivity contribution is 8.00. The molecule has 1 aliphatic rings. The molecular formula is C15H17FN2O3S. The summed E-state index contributed by atoms with van der Waals surface area (Å²) < 4.78 is 18.4. The predicted molar refractivity (Wildman–Crippen MR) is 84.6 cm³/mol. The summed E-state index contributed by atoms with van der Waals surface area (Å²) in [7, 11) is 1.43. The molecule has 0 spiro atoms. The zero-order valence-electron chi connectivity index (χ0n) is 12.2. The van der Waals surface area contributed by atoms with Gasteiger partial charge in [-0.05, 0) is 12.1 Å². The molecule has 2 amide bonds. The number of hydrogen-bond donors (Lipinski definition) is 1. The van der Waals surface area contributed by atoms with Crippen LogP contribution in [0.2, 0.25) is 0 Å². The number of carbonyl (C=O) groups is 2. The number of anilines is 1. The minimum absolute atomic E-state index is 0.189. The van der Waals surface area contributed by atoms with Gasteiger partial charge in [-0.25, -0.2) is 4.39 Å². The van der Waals surface area contributed by atoms with Crippen molar-refractivity contribution in [2.45, 2.75) is 5.25 Å². The Morgan fingerprint density at radius 1 is 1.50 bits per heavy atom. The lowest BCUT2D eigenvalue weighted by Crippen LogP contribution is -2.45. The number of carbonyl (C=O) groups excluding carboxylic acids is 2. The average molecular weight is 324 g/mol. The number of halogens is 1. The molecule has 1 atom stereocenters. The Kier molecular flexibility index (Phi) is 5.43. The van der Waals surface area contributed by atoms with Gasteiger partial charge >= 0.3 is 0 Å². The highest BCUT2D eigenvalue weighted by Gasteiger charge is 2.28. The van der Waals surface area contributed by atoms with Crippen molar-refractivity contribution < 1.29 is 18.7 Å². The van der Waals surface area contributed by atoms with E-state index >= 15 is 0 Å². The van der Waals surface area contributed by atoms with Crippen molar-refractivity contribution in [3.63, 3.8) is 0 Å². The van der Waals surface area contributed by atoms with Crippen molar-refractivity contribution in [2.24, 2.45) is 0 Å². The minimum atomic E-state index is -0.491. The Hall–Kier alpha value is -2.02. The van der Waals surface area contributed by atoms with E-state index in [4.69, 9.17) is 4.74 Å². The van der Waals surface area contributed by atoms with Crippen LogP contribution in [0.25, 0.3) is 0 Å². The fraction of sp³-hybridized carbons (Fsp3) is 0.333. The maximum Gasteiger partial charge on any atom is 0.246 e. The second-order valence-electron chi connectivity index (χ2n) is 4.72. The van der Waals surface area contributed by atoms with Gasteiger partial charge in [-0.3, -0.25) is 9.59 Å².